The highest BCUT2D eigenvalue weighted by Gasteiger charge is 2.18. The van der Waals surface area contributed by atoms with Crippen LogP contribution in [0.5, 0.6) is 11.6 Å². The minimum Gasteiger partial charge on any atom is -0.464 e. The number of pyridine rings is 1. The van der Waals surface area contributed by atoms with E-state index in [1.807, 2.05) is 39.8 Å². The lowest BCUT2D eigenvalue weighted by atomic mass is 10.1. The van der Waals surface area contributed by atoms with E-state index in [0.717, 1.165) is 33.2 Å². The number of esters is 1. The zero-order valence-electron chi connectivity index (χ0n) is 18.1. The molecule has 0 unspecified atom stereocenters. The van der Waals surface area contributed by atoms with Gasteiger partial charge in [0.25, 0.3) is 0 Å². The van der Waals surface area contributed by atoms with E-state index in [2.05, 4.69) is 10.1 Å². The standard InChI is InChI=1S/C23H23N3O5/c1-6-15-9-16-12(2)8-19(27)31-18(16)10-17(15)30-20(28)11-29-23-21-13(3)7-14(4)24-22(21)26(5)25-23/h7-10H,6,11H2,1-5H3. The van der Waals surface area contributed by atoms with Crippen molar-refractivity contribution in [2.24, 2.45) is 7.05 Å². The van der Waals surface area contributed by atoms with Crippen molar-refractivity contribution in [3.63, 3.8) is 0 Å². The summed E-state index contributed by atoms with van der Waals surface area (Å²) in [5.74, 6) is 0.0903. The summed E-state index contributed by atoms with van der Waals surface area (Å²) in [5.41, 5.74) is 4.10. The summed E-state index contributed by atoms with van der Waals surface area (Å²) in [4.78, 5) is 28.7. The molecule has 0 aliphatic rings. The van der Waals surface area contributed by atoms with Gasteiger partial charge in [-0.15, -0.1) is 5.10 Å². The molecule has 0 aliphatic heterocycles. The zero-order chi connectivity index (χ0) is 22.3. The van der Waals surface area contributed by atoms with Gasteiger partial charge in [0.05, 0.1) is 5.39 Å². The van der Waals surface area contributed by atoms with E-state index in [4.69, 9.17) is 13.9 Å². The monoisotopic (exact) mass is 421 g/mol. The first-order valence-corrected chi connectivity index (χ1v) is 9.98. The van der Waals surface area contributed by atoms with Gasteiger partial charge in [-0.3, -0.25) is 0 Å². The molecule has 0 atom stereocenters. The van der Waals surface area contributed by atoms with Crippen molar-refractivity contribution in [3.8, 4) is 11.6 Å². The van der Waals surface area contributed by atoms with Gasteiger partial charge in [0.2, 0.25) is 5.88 Å². The van der Waals surface area contributed by atoms with Gasteiger partial charge in [0.15, 0.2) is 12.3 Å². The Morgan fingerprint density at radius 2 is 1.90 bits per heavy atom. The quantitative estimate of drug-likeness (QED) is 0.276. The third kappa shape index (κ3) is 3.88. The van der Waals surface area contributed by atoms with Crippen LogP contribution in [0, 0.1) is 20.8 Å². The lowest BCUT2D eigenvalue weighted by Gasteiger charge is -2.11. The van der Waals surface area contributed by atoms with Crippen LogP contribution in [0.2, 0.25) is 0 Å². The summed E-state index contributed by atoms with van der Waals surface area (Å²) < 4.78 is 18.1. The fourth-order valence-electron chi connectivity index (χ4n) is 3.69. The Morgan fingerprint density at radius 3 is 2.65 bits per heavy atom. The number of aryl methyl sites for hydroxylation is 5. The second-order valence-electron chi connectivity index (χ2n) is 7.53. The number of ether oxygens (including phenoxy) is 2. The van der Waals surface area contributed by atoms with Gasteiger partial charge >= 0.3 is 11.6 Å². The molecule has 160 valence electrons. The zero-order valence-corrected chi connectivity index (χ0v) is 18.1. The average molecular weight is 421 g/mol. The first-order chi connectivity index (χ1) is 14.8. The van der Waals surface area contributed by atoms with Crippen molar-refractivity contribution in [3.05, 3.63) is 57.1 Å². The lowest BCUT2D eigenvalue weighted by molar-refractivity contribution is -0.136. The molecule has 0 saturated heterocycles. The summed E-state index contributed by atoms with van der Waals surface area (Å²) in [6.07, 6.45) is 0.646. The molecule has 8 nitrogen and oxygen atoms in total. The Morgan fingerprint density at radius 1 is 1.13 bits per heavy atom. The van der Waals surface area contributed by atoms with Gasteiger partial charge in [0, 0.05) is 30.3 Å². The van der Waals surface area contributed by atoms with E-state index in [1.54, 1.807) is 17.8 Å². The van der Waals surface area contributed by atoms with E-state index >= 15 is 0 Å². The Labute approximate surface area is 178 Å². The summed E-state index contributed by atoms with van der Waals surface area (Å²) in [6.45, 7) is 7.34. The van der Waals surface area contributed by atoms with Crippen LogP contribution in [0.25, 0.3) is 22.0 Å². The van der Waals surface area contributed by atoms with Crippen molar-refractivity contribution < 1.29 is 18.7 Å². The molecule has 0 saturated carbocycles. The van der Waals surface area contributed by atoms with Crippen LogP contribution in [0.4, 0.5) is 0 Å². The van der Waals surface area contributed by atoms with Gasteiger partial charge in [-0.05, 0) is 56.0 Å². The molecule has 31 heavy (non-hydrogen) atoms. The molecule has 8 heteroatoms. The van der Waals surface area contributed by atoms with Crippen molar-refractivity contribution in [2.45, 2.75) is 34.1 Å². The van der Waals surface area contributed by atoms with Crippen LogP contribution >= 0.6 is 0 Å². The first kappa shape index (κ1) is 20.6. The SMILES string of the molecule is CCc1cc2c(C)cc(=O)oc2cc1OC(=O)COc1nn(C)c2nc(C)cc(C)c12. The normalized spacial score (nSPS) is 11.3. The number of hydrogen-bond acceptors (Lipinski definition) is 7. The van der Waals surface area contributed by atoms with E-state index in [1.165, 1.54) is 6.07 Å². The third-order valence-electron chi connectivity index (χ3n) is 5.15. The molecule has 1 aromatic carbocycles. The van der Waals surface area contributed by atoms with Crippen molar-refractivity contribution in [2.75, 3.05) is 6.61 Å². The summed E-state index contributed by atoms with van der Waals surface area (Å²) in [7, 11) is 1.78. The van der Waals surface area contributed by atoms with Crippen LogP contribution in [-0.4, -0.2) is 27.3 Å². The van der Waals surface area contributed by atoms with E-state index in [0.29, 0.717) is 29.3 Å². The number of aromatic nitrogens is 3. The number of carbonyl (C=O) groups is 1. The summed E-state index contributed by atoms with van der Waals surface area (Å²) in [5, 5.41) is 5.91. The molecular formula is C23H23N3O5. The van der Waals surface area contributed by atoms with Crippen molar-refractivity contribution in [1.29, 1.82) is 0 Å². The molecule has 0 aliphatic carbocycles. The minimum absolute atomic E-state index is 0.321. The van der Waals surface area contributed by atoms with Gasteiger partial charge < -0.3 is 13.9 Å². The highest BCUT2D eigenvalue weighted by molar-refractivity contribution is 5.86. The van der Waals surface area contributed by atoms with Gasteiger partial charge in [-0.25, -0.2) is 19.3 Å². The number of carbonyl (C=O) groups excluding carboxylic acids is 1. The Bertz CT molecular complexity index is 1380. The first-order valence-electron chi connectivity index (χ1n) is 9.98. The fourth-order valence-corrected chi connectivity index (χ4v) is 3.69. The minimum atomic E-state index is -0.583. The molecule has 0 bridgehead atoms. The number of benzene rings is 1. The Balaban J connectivity index is 1.58. The third-order valence-corrected chi connectivity index (χ3v) is 5.15. The van der Waals surface area contributed by atoms with E-state index in [-0.39, 0.29) is 6.61 Å². The van der Waals surface area contributed by atoms with Crippen molar-refractivity contribution >= 4 is 28.0 Å². The van der Waals surface area contributed by atoms with Crippen LogP contribution in [-0.2, 0) is 18.3 Å². The fraction of sp³-hybridized carbons (Fsp3) is 0.304. The number of nitrogens with zero attached hydrogens (tertiary/aromatic N) is 3. The largest absolute Gasteiger partial charge is 0.464 e. The van der Waals surface area contributed by atoms with Gasteiger partial charge in [-0.2, -0.15) is 0 Å². The second-order valence-corrected chi connectivity index (χ2v) is 7.53. The van der Waals surface area contributed by atoms with Gasteiger partial charge in [-0.1, -0.05) is 6.92 Å². The average Bonchev–Trinajstić information content (AvgIpc) is 3.01. The predicted octanol–water partition coefficient (Wildman–Crippen LogP) is 3.55. The maximum Gasteiger partial charge on any atom is 0.349 e. The topological polar surface area (TPSA) is 96.5 Å². The molecule has 0 amide bonds. The van der Waals surface area contributed by atoms with Crippen LogP contribution in [0.1, 0.15) is 29.3 Å². The number of rotatable bonds is 5. The highest BCUT2D eigenvalue weighted by Crippen LogP contribution is 2.29. The maximum absolute atomic E-state index is 12.5. The van der Waals surface area contributed by atoms with Crippen LogP contribution < -0.4 is 15.1 Å². The molecule has 3 aromatic heterocycles. The van der Waals surface area contributed by atoms with Crippen LogP contribution in [0.3, 0.4) is 0 Å². The Kier molecular flexibility index (Phi) is 5.22. The lowest BCUT2D eigenvalue weighted by Crippen LogP contribution is -2.18. The molecule has 3 heterocycles. The van der Waals surface area contributed by atoms with E-state index in [9.17, 15) is 9.59 Å². The summed E-state index contributed by atoms with van der Waals surface area (Å²) >= 11 is 0. The summed E-state index contributed by atoms with van der Waals surface area (Å²) in [6, 6.07) is 6.83. The van der Waals surface area contributed by atoms with Crippen LogP contribution in [0.15, 0.2) is 33.5 Å². The smallest absolute Gasteiger partial charge is 0.349 e. The maximum atomic E-state index is 12.5. The highest BCUT2D eigenvalue weighted by atomic mass is 16.6. The predicted molar refractivity (Wildman–Crippen MR) is 116 cm³/mol. The van der Waals surface area contributed by atoms with Crippen molar-refractivity contribution in [1.82, 2.24) is 14.8 Å². The Hall–Kier alpha value is -3.68. The molecule has 0 spiro atoms. The molecule has 0 fully saturated rings. The molecule has 0 N–H and O–H groups in total. The van der Waals surface area contributed by atoms with E-state index < -0.39 is 11.6 Å². The van der Waals surface area contributed by atoms with Gasteiger partial charge in [0.1, 0.15) is 11.3 Å². The second kappa shape index (κ2) is 7.86. The molecular weight excluding hydrogens is 398 g/mol. The molecule has 0 radical (unpaired) electrons. The molecule has 4 rings (SSSR count). The molecule has 4 aromatic rings. The number of fused-ring (bicyclic) bond motifs is 2. The number of hydrogen-bond donors (Lipinski definition) is 0.